The quantitative estimate of drug-likeness (QED) is 0.473. The lowest BCUT2D eigenvalue weighted by Gasteiger charge is -2.40. The fourth-order valence-corrected chi connectivity index (χ4v) is 1.68. The Morgan fingerprint density at radius 3 is 2.53 bits per heavy atom. The van der Waals surface area contributed by atoms with Gasteiger partial charge in [-0.2, -0.15) is 12.6 Å². The Hall–Kier alpha value is 0.150. The third-order valence-electron chi connectivity index (χ3n) is 2.56. The lowest BCUT2D eigenvalue weighted by molar-refractivity contribution is -0.280. The zero-order valence-corrected chi connectivity index (χ0v) is 9.51. The van der Waals surface area contributed by atoms with Crippen LogP contribution < -0.4 is 0 Å². The van der Waals surface area contributed by atoms with E-state index in [2.05, 4.69) is 12.6 Å². The molecule has 1 rings (SSSR count). The van der Waals surface area contributed by atoms with Crippen LogP contribution in [0.1, 0.15) is 6.92 Å². The molecule has 0 spiro atoms. The van der Waals surface area contributed by atoms with Crippen LogP contribution >= 0.6 is 12.6 Å². The van der Waals surface area contributed by atoms with Crippen molar-refractivity contribution in [2.75, 3.05) is 19.0 Å². The van der Waals surface area contributed by atoms with E-state index in [-0.39, 0.29) is 12.5 Å². The van der Waals surface area contributed by atoms with Gasteiger partial charge in [0, 0.05) is 11.7 Å². The van der Waals surface area contributed by atoms with Crippen molar-refractivity contribution in [1.82, 2.24) is 0 Å². The highest BCUT2D eigenvalue weighted by Crippen LogP contribution is 2.26. The van der Waals surface area contributed by atoms with Crippen LogP contribution in [0.4, 0.5) is 0 Å². The Bertz CT molecular complexity index is 189. The number of rotatable bonds is 4. The molecular formula is C9H18O5S. The van der Waals surface area contributed by atoms with Crippen molar-refractivity contribution in [3.05, 3.63) is 0 Å². The summed E-state index contributed by atoms with van der Waals surface area (Å²) in [6.07, 6.45) is -3.41. The van der Waals surface area contributed by atoms with Gasteiger partial charge in [-0.1, -0.05) is 6.92 Å². The molecule has 0 saturated carbocycles. The van der Waals surface area contributed by atoms with Crippen LogP contribution in [0.3, 0.4) is 0 Å². The first kappa shape index (κ1) is 13.2. The van der Waals surface area contributed by atoms with Gasteiger partial charge in [-0.3, -0.25) is 0 Å². The number of aliphatic hydroxyl groups excluding tert-OH is 3. The van der Waals surface area contributed by atoms with Crippen molar-refractivity contribution >= 4 is 12.6 Å². The molecule has 0 bridgehead atoms. The molecule has 2 unspecified atom stereocenters. The standard InChI is InChI=1S/C9H18O5S/c1-5-7(11)8(12)6(4-10)14-9(5)13-2-3-15/h5-12,15H,2-4H2,1H3/t5-,6?,7-,8?,9+/m0/s1. The maximum Gasteiger partial charge on any atom is 0.163 e. The molecule has 0 aromatic rings. The summed E-state index contributed by atoms with van der Waals surface area (Å²) in [6, 6.07) is 0. The van der Waals surface area contributed by atoms with Crippen LogP contribution in [0.15, 0.2) is 0 Å². The van der Waals surface area contributed by atoms with Crippen LogP contribution in [0.2, 0.25) is 0 Å². The largest absolute Gasteiger partial charge is 0.394 e. The minimum Gasteiger partial charge on any atom is -0.394 e. The number of ether oxygens (including phenoxy) is 2. The van der Waals surface area contributed by atoms with E-state index in [1.807, 2.05) is 0 Å². The second-order valence-electron chi connectivity index (χ2n) is 3.66. The fraction of sp³-hybridized carbons (Fsp3) is 1.00. The van der Waals surface area contributed by atoms with E-state index >= 15 is 0 Å². The summed E-state index contributed by atoms with van der Waals surface area (Å²) in [4.78, 5) is 0. The molecule has 6 heteroatoms. The topological polar surface area (TPSA) is 79.2 Å². The van der Waals surface area contributed by atoms with E-state index in [1.54, 1.807) is 6.92 Å². The zero-order chi connectivity index (χ0) is 11.4. The smallest absolute Gasteiger partial charge is 0.163 e. The maximum atomic E-state index is 9.68. The van der Waals surface area contributed by atoms with Gasteiger partial charge in [-0.15, -0.1) is 0 Å². The molecule has 1 aliphatic heterocycles. The van der Waals surface area contributed by atoms with Gasteiger partial charge < -0.3 is 24.8 Å². The Labute approximate surface area is 94.4 Å². The van der Waals surface area contributed by atoms with Crippen molar-refractivity contribution in [3.8, 4) is 0 Å². The SMILES string of the molecule is C[C@@H]1[C@H](OCCS)OC(CO)C(O)[C@H]1O. The molecule has 1 aliphatic rings. The average Bonchev–Trinajstić information content (AvgIpc) is 2.25. The number of hydrogen-bond donors (Lipinski definition) is 4. The average molecular weight is 238 g/mol. The van der Waals surface area contributed by atoms with Crippen molar-refractivity contribution in [2.45, 2.75) is 31.5 Å². The van der Waals surface area contributed by atoms with Gasteiger partial charge in [0.15, 0.2) is 6.29 Å². The first-order valence-corrected chi connectivity index (χ1v) is 5.60. The highest BCUT2D eigenvalue weighted by molar-refractivity contribution is 7.80. The van der Waals surface area contributed by atoms with Gasteiger partial charge in [0.25, 0.3) is 0 Å². The summed E-state index contributed by atoms with van der Waals surface area (Å²) in [6.45, 7) is 1.79. The van der Waals surface area contributed by atoms with Gasteiger partial charge in [-0.05, 0) is 0 Å². The first-order valence-electron chi connectivity index (χ1n) is 4.96. The summed E-state index contributed by atoms with van der Waals surface area (Å²) < 4.78 is 10.6. The van der Waals surface area contributed by atoms with E-state index in [0.29, 0.717) is 12.4 Å². The molecule has 90 valence electrons. The lowest BCUT2D eigenvalue weighted by atomic mass is 9.92. The van der Waals surface area contributed by atoms with E-state index in [4.69, 9.17) is 14.6 Å². The first-order chi connectivity index (χ1) is 7.11. The third-order valence-corrected chi connectivity index (χ3v) is 2.74. The molecule has 1 heterocycles. The molecule has 5 atom stereocenters. The number of hydrogen-bond acceptors (Lipinski definition) is 6. The number of aliphatic hydroxyl groups is 3. The van der Waals surface area contributed by atoms with Gasteiger partial charge in [0.2, 0.25) is 0 Å². The van der Waals surface area contributed by atoms with Crippen LogP contribution in [-0.2, 0) is 9.47 Å². The molecule has 1 saturated heterocycles. The third kappa shape index (κ3) is 3.05. The van der Waals surface area contributed by atoms with E-state index in [0.717, 1.165) is 0 Å². The molecule has 0 radical (unpaired) electrons. The molecule has 5 nitrogen and oxygen atoms in total. The predicted molar refractivity (Wildman–Crippen MR) is 56.7 cm³/mol. The predicted octanol–water partition coefficient (Wildman–Crippen LogP) is -0.992. The molecule has 0 amide bonds. The second kappa shape index (κ2) is 6.03. The Morgan fingerprint density at radius 1 is 1.33 bits per heavy atom. The van der Waals surface area contributed by atoms with Crippen molar-refractivity contribution in [2.24, 2.45) is 5.92 Å². The summed E-state index contributed by atoms with van der Waals surface area (Å²) >= 11 is 3.99. The Kier molecular flexibility index (Phi) is 5.31. The minimum atomic E-state index is -1.07. The molecule has 0 aliphatic carbocycles. The van der Waals surface area contributed by atoms with Crippen molar-refractivity contribution < 1.29 is 24.8 Å². The summed E-state index contributed by atoms with van der Waals surface area (Å²) in [5.41, 5.74) is 0. The maximum absolute atomic E-state index is 9.68. The monoisotopic (exact) mass is 238 g/mol. The molecule has 3 N–H and O–H groups in total. The van der Waals surface area contributed by atoms with E-state index < -0.39 is 24.6 Å². The fourth-order valence-electron chi connectivity index (χ4n) is 1.58. The summed E-state index contributed by atoms with van der Waals surface area (Å²) in [7, 11) is 0. The van der Waals surface area contributed by atoms with Gasteiger partial charge in [0.05, 0.1) is 19.3 Å². The normalized spacial score (nSPS) is 41.8. The summed E-state index contributed by atoms with van der Waals surface area (Å²) in [5.74, 6) is 0.220. The molecule has 15 heavy (non-hydrogen) atoms. The van der Waals surface area contributed by atoms with Gasteiger partial charge in [0.1, 0.15) is 12.2 Å². The van der Waals surface area contributed by atoms with Crippen molar-refractivity contribution in [1.29, 1.82) is 0 Å². The molecule has 1 fully saturated rings. The lowest BCUT2D eigenvalue weighted by Crippen LogP contribution is -2.55. The van der Waals surface area contributed by atoms with Gasteiger partial charge in [-0.25, -0.2) is 0 Å². The highest BCUT2D eigenvalue weighted by atomic mass is 32.1. The Morgan fingerprint density at radius 2 is 2.00 bits per heavy atom. The summed E-state index contributed by atoms with van der Waals surface area (Å²) in [5, 5.41) is 28.2. The van der Waals surface area contributed by atoms with Crippen LogP contribution in [0.5, 0.6) is 0 Å². The van der Waals surface area contributed by atoms with Crippen LogP contribution in [-0.4, -0.2) is 58.9 Å². The van der Waals surface area contributed by atoms with E-state index in [9.17, 15) is 10.2 Å². The van der Waals surface area contributed by atoms with Crippen LogP contribution in [0, 0.1) is 5.92 Å². The Balaban J connectivity index is 2.57. The molecule has 0 aromatic carbocycles. The van der Waals surface area contributed by atoms with Gasteiger partial charge >= 0.3 is 0 Å². The number of thiol groups is 1. The zero-order valence-electron chi connectivity index (χ0n) is 8.61. The highest BCUT2D eigenvalue weighted by Gasteiger charge is 2.42. The molecular weight excluding hydrogens is 220 g/mol. The minimum absolute atomic E-state index is 0.331. The van der Waals surface area contributed by atoms with Crippen LogP contribution in [0.25, 0.3) is 0 Å². The molecule has 0 aromatic heterocycles. The van der Waals surface area contributed by atoms with E-state index in [1.165, 1.54) is 0 Å². The van der Waals surface area contributed by atoms with Crippen molar-refractivity contribution in [3.63, 3.8) is 0 Å². The second-order valence-corrected chi connectivity index (χ2v) is 4.11.